The number of rotatable bonds is 2. The van der Waals surface area contributed by atoms with Crippen molar-refractivity contribution in [2.45, 2.75) is 31.9 Å². The van der Waals surface area contributed by atoms with Gasteiger partial charge in [0.25, 0.3) is 0 Å². The van der Waals surface area contributed by atoms with Crippen LogP contribution in [0.15, 0.2) is 12.3 Å². The lowest BCUT2D eigenvalue weighted by Crippen LogP contribution is -2.55. The standard InChI is InChI=1S/C14H20FN3O/c15-12-7-11(10-19)14(16-8-12)18-6-5-17-4-2-1-3-13(17)9-18/h7-8,13,19H,1-6,9-10H2. The molecule has 0 radical (unpaired) electrons. The zero-order valence-corrected chi connectivity index (χ0v) is 11.1. The summed E-state index contributed by atoms with van der Waals surface area (Å²) in [6.07, 6.45) is 5.06. The fourth-order valence-corrected chi connectivity index (χ4v) is 3.22. The van der Waals surface area contributed by atoms with Crippen LogP contribution in [0.4, 0.5) is 10.2 Å². The van der Waals surface area contributed by atoms with E-state index in [1.165, 1.54) is 38.1 Å². The van der Waals surface area contributed by atoms with Crippen LogP contribution in [0.1, 0.15) is 24.8 Å². The SMILES string of the molecule is OCc1cc(F)cnc1N1CCN2CCCCC2C1. The van der Waals surface area contributed by atoms with Crippen molar-refractivity contribution >= 4 is 5.82 Å². The number of piperidine rings is 1. The fourth-order valence-electron chi connectivity index (χ4n) is 3.22. The minimum Gasteiger partial charge on any atom is -0.392 e. The van der Waals surface area contributed by atoms with E-state index in [2.05, 4.69) is 14.8 Å². The third kappa shape index (κ3) is 2.58. The number of pyridine rings is 1. The second-order valence-corrected chi connectivity index (χ2v) is 5.43. The fraction of sp³-hybridized carbons (Fsp3) is 0.643. The molecule has 0 saturated carbocycles. The van der Waals surface area contributed by atoms with Crippen LogP contribution in [0.5, 0.6) is 0 Å². The average molecular weight is 265 g/mol. The lowest BCUT2D eigenvalue weighted by Gasteiger charge is -2.44. The lowest BCUT2D eigenvalue weighted by molar-refractivity contribution is 0.133. The molecule has 1 atom stereocenters. The molecule has 0 aliphatic carbocycles. The summed E-state index contributed by atoms with van der Waals surface area (Å²) in [4.78, 5) is 8.92. The molecule has 4 nitrogen and oxygen atoms in total. The number of fused-ring (bicyclic) bond motifs is 1. The predicted octanol–water partition coefficient (Wildman–Crippen LogP) is 1.39. The van der Waals surface area contributed by atoms with Gasteiger partial charge >= 0.3 is 0 Å². The zero-order valence-electron chi connectivity index (χ0n) is 11.1. The Bertz CT molecular complexity index is 454. The minimum atomic E-state index is -0.385. The molecule has 1 aromatic rings. The van der Waals surface area contributed by atoms with E-state index in [0.717, 1.165) is 25.5 Å². The van der Waals surface area contributed by atoms with Crippen LogP contribution < -0.4 is 4.90 Å². The minimum absolute atomic E-state index is 0.162. The maximum Gasteiger partial charge on any atom is 0.142 e. The van der Waals surface area contributed by atoms with Crippen molar-refractivity contribution < 1.29 is 9.50 Å². The Morgan fingerprint density at radius 2 is 2.21 bits per heavy atom. The maximum absolute atomic E-state index is 13.2. The Kier molecular flexibility index (Phi) is 3.66. The molecular formula is C14H20FN3O. The van der Waals surface area contributed by atoms with Crippen LogP contribution in [0.25, 0.3) is 0 Å². The van der Waals surface area contributed by atoms with Crippen LogP contribution in [0, 0.1) is 5.82 Å². The normalized spacial score (nSPS) is 24.3. The van der Waals surface area contributed by atoms with Gasteiger partial charge in [0, 0.05) is 31.2 Å². The molecule has 1 unspecified atom stereocenters. The first-order valence-corrected chi connectivity index (χ1v) is 7.02. The van der Waals surface area contributed by atoms with Gasteiger partial charge in [0.05, 0.1) is 12.8 Å². The first-order chi connectivity index (χ1) is 9.28. The Labute approximate surface area is 112 Å². The van der Waals surface area contributed by atoms with E-state index in [-0.39, 0.29) is 12.4 Å². The van der Waals surface area contributed by atoms with E-state index in [9.17, 15) is 9.50 Å². The molecular weight excluding hydrogens is 245 g/mol. The number of halogens is 1. The predicted molar refractivity (Wildman–Crippen MR) is 71.5 cm³/mol. The molecule has 0 bridgehead atoms. The number of piperazine rings is 1. The zero-order chi connectivity index (χ0) is 13.2. The van der Waals surface area contributed by atoms with Gasteiger partial charge in [-0.3, -0.25) is 4.90 Å². The van der Waals surface area contributed by atoms with Gasteiger partial charge in [-0.1, -0.05) is 6.42 Å². The molecule has 104 valence electrons. The highest BCUT2D eigenvalue weighted by Crippen LogP contribution is 2.26. The van der Waals surface area contributed by atoms with E-state index in [1.807, 2.05) is 0 Å². The Morgan fingerprint density at radius 1 is 1.32 bits per heavy atom. The van der Waals surface area contributed by atoms with Gasteiger partial charge in [0.1, 0.15) is 11.6 Å². The summed E-state index contributed by atoms with van der Waals surface area (Å²) in [5, 5.41) is 9.36. The number of aliphatic hydroxyl groups is 1. The van der Waals surface area contributed by atoms with E-state index in [0.29, 0.717) is 11.6 Å². The van der Waals surface area contributed by atoms with Gasteiger partial charge in [0.15, 0.2) is 0 Å². The van der Waals surface area contributed by atoms with E-state index in [4.69, 9.17) is 0 Å². The van der Waals surface area contributed by atoms with Crippen molar-refractivity contribution in [3.63, 3.8) is 0 Å². The van der Waals surface area contributed by atoms with Crippen molar-refractivity contribution in [1.29, 1.82) is 0 Å². The van der Waals surface area contributed by atoms with Crippen molar-refractivity contribution in [3.05, 3.63) is 23.6 Å². The number of anilines is 1. The molecule has 0 spiro atoms. The van der Waals surface area contributed by atoms with Crippen LogP contribution >= 0.6 is 0 Å². The van der Waals surface area contributed by atoms with E-state index >= 15 is 0 Å². The second kappa shape index (κ2) is 5.43. The van der Waals surface area contributed by atoms with Crippen LogP contribution in [0.2, 0.25) is 0 Å². The third-order valence-electron chi connectivity index (χ3n) is 4.22. The molecule has 1 aromatic heterocycles. The molecule has 1 N–H and O–H groups in total. The van der Waals surface area contributed by atoms with Crippen LogP contribution in [0.3, 0.4) is 0 Å². The molecule has 2 fully saturated rings. The molecule has 3 heterocycles. The van der Waals surface area contributed by atoms with Crippen molar-refractivity contribution in [2.24, 2.45) is 0 Å². The number of aromatic nitrogens is 1. The first kappa shape index (κ1) is 12.8. The van der Waals surface area contributed by atoms with Gasteiger partial charge < -0.3 is 10.0 Å². The number of nitrogens with zero attached hydrogens (tertiary/aromatic N) is 3. The van der Waals surface area contributed by atoms with Crippen LogP contribution in [-0.4, -0.2) is 47.2 Å². The average Bonchev–Trinajstić information content (AvgIpc) is 2.46. The highest BCUT2D eigenvalue weighted by molar-refractivity contribution is 5.47. The van der Waals surface area contributed by atoms with E-state index < -0.39 is 0 Å². The van der Waals surface area contributed by atoms with Crippen LogP contribution in [-0.2, 0) is 6.61 Å². The largest absolute Gasteiger partial charge is 0.392 e. The topological polar surface area (TPSA) is 39.6 Å². The number of hydrogen-bond donors (Lipinski definition) is 1. The summed E-state index contributed by atoms with van der Waals surface area (Å²) in [6, 6.07) is 1.97. The quantitative estimate of drug-likeness (QED) is 0.877. The molecule has 3 rings (SSSR count). The molecule has 2 aliphatic rings. The molecule has 0 aromatic carbocycles. The molecule has 19 heavy (non-hydrogen) atoms. The summed E-state index contributed by atoms with van der Waals surface area (Å²) < 4.78 is 13.2. The summed E-state index contributed by atoms with van der Waals surface area (Å²) in [5.41, 5.74) is 0.587. The Morgan fingerprint density at radius 3 is 3.05 bits per heavy atom. The summed E-state index contributed by atoms with van der Waals surface area (Å²) >= 11 is 0. The second-order valence-electron chi connectivity index (χ2n) is 5.43. The molecule has 2 saturated heterocycles. The highest BCUT2D eigenvalue weighted by atomic mass is 19.1. The van der Waals surface area contributed by atoms with Gasteiger partial charge in [0.2, 0.25) is 0 Å². The van der Waals surface area contributed by atoms with Gasteiger partial charge in [-0.2, -0.15) is 0 Å². The van der Waals surface area contributed by atoms with Crippen molar-refractivity contribution in [3.8, 4) is 0 Å². The molecule has 2 aliphatic heterocycles. The molecule has 0 amide bonds. The van der Waals surface area contributed by atoms with Gasteiger partial charge in [-0.05, 0) is 25.5 Å². The maximum atomic E-state index is 13.2. The summed E-state index contributed by atoms with van der Waals surface area (Å²) in [6.45, 7) is 3.91. The molecule has 5 heteroatoms. The highest BCUT2D eigenvalue weighted by Gasteiger charge is 2.30. The summed E-state index contributed by atoms with van der Waals surface area (Å²) in [7, 11) is 0. The van der Waals surface area contributed by atoms with Crippen molar-refractivity contribution in [2.75, 3.05) is 31.1 Å². The monoisotopic (exact) mass is 265 g/mol. The third-order valence-corrected chi connectivity index (χ3v) is 4.22. The Balaban J connectivity index is 1.79. The Hall–Kier alpha value is -1.20. The first-order valence-electron chi connectivity index (χ1n) is 7.02. The lowest BCUT2D eigenvalue weighted by atomic mass is 9.99. The van der Waals surface area contributed by atoms with Gasteiger partial charge in [-0.15, -0.1) is 0 Å². The van der Waals surface area contributed by atoms with Crippen molar-refractivity contribution in [1.82, 2.24) is 9.88 Å². The van der Waals surface area contributed by atoms with Gasteiger partial charge in [-0.25, -0.2) is 9.37 Å². The van der Waals surface area contributed by atoms with E-state index in [1.54, 1.807) is 0 Å². The number of hydrogen-bond acceptors (Lipinski definition) is 4. The summed E-state index contributed by atoms with van der Waals surface area (Å²) in [5.74, 6) is 0.359. The number of aliphatic hydroxyl groups excluding tert-OH is 1. The smallest absolute Gasteiger partial charge is 0.142 e.